The Morgan fingerprint density at radius 3 is 2.67 bits per heavy atom. The van der Waals surface area contributed by atoms with Gasteiger partial charge >= 0.3 is 12.0 Å². The Balaban J connectivity index is 1.96. The van der Waals surface area contributed by atoms with Crippen LogP contribution in [-0.2, 0) is 4.74 Å². The summed E-state index contributed by atoms with van der Waals surface area (Å²) in [5.74, 6) is 0.394. The number of hydrogen-bond donors (Lipinski definition) is 2. The summed E-state index contributed by atoms with van der Waals surface area (Å²) < 4.78 is 6.87. The van der Waals surface area contributed by atoms with Gasteiger partial charge in [0.2, 0.25) is 0 Å². The Kier molecular flexibility index (Phi) is 7.34. The number of para-hydroxylation sites is 1. The number of rotatable bonds is 8. The van der Waals surface area contributed by atoms with Crippen molar-refractivity contribution in [2.24, 2.45) is 0 Å². The van der Waals surface area contributed by atoms with Crippen LogP contribution in [0.15, 0.2) is 24.3 Å². The first-order valence-corrected chi connectivity index (χ1v) is 9.15. The molecule has 146 valence electrons. The minimum Gasteiger partial charge on any atom is -0.460 e. The van der Waals surface area contributed by atoms with E-state index in [1.54, 1.807) is 11.6 Å². The van der Waals surface area contributed by atoms with Crippen molar-refractivity contribution in [1.82, 2.24) is 25.4 Å². The zero-order chi connectivity index (χ0) is 19.8. The topological polar surface area (TPSA) is 98.1 Å². The zero-order valence-corrected chi connectivity index (χ0v) is 16.3. The molecule has 0 radical (unpaired) electrons. The quantitative estimate of drug-likeness (QED) is 0.547. The molecule has 2 aromatic rings. The fourth-order valence-corrected chi connectivity index (χ4v) is 2.60. The van der Waals surface area contributed by atoms with E-state index in [9.17, 15) is 9.59 Å². The Bertz CT molecular complexity index is 785. The third kappa shape index (κ3) is 5.54. The first-order valence-electron chi connectivity index (χ1n) is 9.15. The van der Waals surface area contributed by atoms with E-state index in [1.165, 1.54) is 0 Å². The third-order valence-corrected chi connectivity index (χ3v) is 3.92. The Morgan fingerprint density at radius 1 is 1.22 bits per heavy atom. The molecule has 0 saturated heterocycles. The molecule has 0 fully saturated rings. The second kappa shape index (κ2) is 9.70. The number of hydrogen-bond acceptors (Lipinski definition) is 5. The van der Waals surface area contributed by atoms with Gasteiger partial charge in [-0.05, 0) is 37.8 Å². The molecule has 27 heavy (non-hydrogen) atoms. The number of aromatic nitrogens is 3. The normalized spacial score (nSPS) is 10.7. The lowest BCUT2D eigenvalue weighted by Gasteiger charge is -2.12. The molecule has 0 bridgehead atoms. The summed E-state index contributed by atoms with van der Waals surface area (Å²) in [6.45, 7) is 9.02. The van der Waals surface area contributed by atoms with Gasteiger partial charge in [0.25, 0.3) is 5.82 Å². The molecular formula is C19H27N5O3. The zero-order valence-electron chi connectivity index (χ0n) is 16.3. The van der Waals surface area contributed by atoms with E-state index in [1.807, 2.05) is 31.2 Å². The summed E-state index contributed by atoms with van der Waals surface area (Å²) in [6, 6.07) is 7.68. The summed E-state index contributed by atoms with van der Waals surface area (Å²) in [5.41, 5.74) is 2.03. The number of nitrogens with one attached hydrogen (secondary N) is 2. The maximum Gasteiger partial charge on any atom is 0.378 e. The van der Waals surface area contributed by atoms with Crippen LogP contribution < -0.4 is 10.6 Å². The lowest BCUT2D eigenvalue weighted by atomic mass is 10.0. The van der Waals surface area contributed by atoms with Crippen molar-refractivity contribution < 1.29 is 14.3 Å². The number of ether oxygens (including phenoxy) is 1. The van der Waals surface area contributed by atoms with Gasteiger partial charge in [-0.25, -0.2) is 19.3 Å². The molecule has 0 spiro atoms. The molecule has 0 aliphatic rings. The van der Waals surface area contributed by atoms with Gasteiger partial charge < -0.3 is 15.4 Å². The molecule has 2 amide bonds. The maximum atomic E-state index is 12.2. The van der Waals surface area contributed by atoms with Crippen molar-refractivity contribution in [2.45, 2.75) is 40.0 Å². The Hall–Kier alpha value is -2.90. The smallest absolute Gasteiger partial charge is 0.378 e. The van der Waals surface area contributed by atoms with E-state index in [2.05, 4.69) is 34.6 Å². The van der Waals surface area contributed by atoms with Crippen LogP contribution in [0.25, 0.3) is 5.69 Å². The lowest BCUT2D eigenvalue weighted by molar-refractivity contribution is 0.0487. The Morgan fingerprint density at radius 2 is 1.96 bits per heavy atom. The molecule has 0 saturated carbocycles. The minimum absolute atomic E-state index is 0.0303. The SMILES string of the molecule is CCNC(=O)NCCCOC(=O)c1nc(C)n(-c2ccccc2C(C)C)n1. The van der Waals surface area contributed by atoms with E-state index in [0.717, 1.165) is 11.3 Å². The van der Waals surface area contributed by atoms with Crippen molar-refractivity contribution in [3.63, 3.8) is 0 Å². The summed E-state index contributed by atoms with van der Waals surface area (Å²) in [4.78, 5) is 27.7. The van der Waals surface area contributed by atoms with Gasteiger partial charge in [-0.15, -0.1) is 5.10 Å². The van der Waals surface area contributed by atoms with Crippen molar-refractivity contribution >= 4 is 12.0 Å². The van der Waals surface area contributed by atoms with E-state index in [4.69, 9.17) is 4.74 Å². The van der Waals surface area contributed by atoms with E-state index in [-0.39, 0.29) is 18.5 Å². The van der Waals surface area contributed by atoms with Crippen molar-refractivity contribution in [3.8, 4) is 5.69 Å². The number of carbonyl (C=O) groups excluding carboxylic acids is 2. The Labute approximate surface area is 159 Å². The predicted octanol–water partition coefficient (Wildman–Crippen LogP) is 2.57. The highest BCUT2D eigenvalue weighted by Crippen LogP contribution is 2.23. The van der Waals surface area contributed by atoms with Crippen LogP contribution in [0.3, 0.4) is 0 Å². The molecule has 8 heteroatoms. The highest BCUT2D eigenvalue weighted by Gasteiger charge is 2.18. The molecule has 1 heterocycles. The maximum absolute atomic E-state index is 12.2. The van der Waals surface area contributed by atoms with Crippen LogP contribution in [0.2, 0.25) is 0 Å². The van der Waals surface area contributed by atoms with Gasteiger partial charge in [0.05, 0.1) is 12.3 Å². The van der Waals surface area contributed by atoms with Gasteiger partial charge in [-0.2, -0.15) is 0 Å². The highest BCUT2D eigenvalue weighted by atomic mass is 16.5. The molecule has 0 aliphatic heterocycles. The first-order chi connectivity index (χ1) is 12.9. The van der Waals surface area contributed by atoms with Crippen LogP contribution in [0.5, 0.6) is 0 Å². The van der Waals surface area contributed by atoms with Crippen molar-refractivity contribution in [3.05, 3.63) is 41.5 Å². The van der Waals surface area contributed by atoms with Gasteiger partial charge in [0.15, 0.2) is 0 Å². The standard InChI is InChI=1S/C19H27N5O3/c1-5-20-19(26)21-11-8-12-27-18(25)17-22-14(4)24(23-17)16-10-7-6-9-15(16)13(2)3/h6-7,9-10,13H,5,8,11-12H2,1-4H3,(H2,20,21,26). The molecule has 0 unspecified atom stereocenters. The van der Waals surface area contributed by atoms with Gasteiger partial charge in [0.1, 0.15) is 5.82 Å². The number of benzene rings is 1. The van der Waals surface area contributed by atoms with Crippen LogP contribution in [0, 0.1) is 6.92 Å². The number of carbonyl (C=O) groups is 2. The van der Waals surface area contributed by atoms with Gasteiger partial charge in [-0.3, -0.25) is 0 Å². The fraction of sp³-hybridized carbons (Fsp3) is 0.474. The molecule has 0 aliphatic carbocycles. The number of nitrogens with zero attached hydrogens (tertiary/aromatic N) is 3. The summed E-state index contributed by atoms with van der Waals surface area (Å²) in [6.07, 6.45) is 0.513. The number of esters is 1. The molecular weight excluding hydrogens is 346 g/mol. The third-order valence-electron chi connectivity index (χ3n) is 3.92. The van der Waals surface area contributed by atoms with E-state index in [0.29, 0.717) is 31.3 Å². The average Bonchev–Trinajstić information content (AvgIpc) is 3.03. The van der Waals surface area contributed by atoms with Crippen LogP contribution in [0.1, 0.15) is 55.1 Å². The number of aryl methyl sites for hydroxylation is 1. The molecule has 2 N–H and O–H groups in total. The predicted molar refractivity (Wildman–Crippen MR) is 102 cm³/mol. The van der Waals surface area contributed by atoms with E-state index >= 15 is 0 Å². The molecule has 1 aromatic carbocycles. The monoisotopic (exact) mass is 373 g/mol. The largest absolute Gasteiger partial charge is 0.460 e. The first kappa shape index (κ1) is 20.4. The lowest BCUT2D eigenvalue weighted by Crippen LogP contribution is -2.36. The van der Waals surface area contributed by atoms with Crippen LogP contribution >= 0.6 is 0 Å². The highest BCUT2D eigenvalue weighted by molar-refractivity contribution is 5.85. The number of urea groups is 1. The summed E-state index contributed by atoms with van der Waals surface area (Å²) in [7, 11) is 0. The summed E-state index contributed by atoms with van der Waals surface area (Å²) in [5, 5.41) is 9.63. The molecule has 2 rings (SSSR count). The molecule has 0 atom stereocenters. The molecule has 1 aromatic heterocycles. The second-order valence-corrected chi connectivity index (χ2v) is 6.38. The summed E-state index contributed by atoms with van der Waals surface area (Å²) >= 11 is 0. The van der Waals surface area contributed by atoms with Crippen LogP contribution in [0.4, 0.5) is 4.79 Å². The average molecular weight is 373 g/mol. The fourth-order valence-electron chi connectivity index (χ4n) is 2.60. The van der Waals surface area contributed by atoms with Gasteiger partial charge in [-0.1, -0.05) is 32.0 Å². The minimum atomic E-state index is -0.572. The van der Waals surface area contributed by atoms with E-state index < -0.39 is 5.97 Å². The van der Waals surface area contributed by atoms with Crippen molar-refractivity contribution in [1.29, 1.82) is 0 Å². The molecule has 8 nitrogen and oxygen atoms in total. The van der Waals surface area contributed by atoms with Crippen LogP contribution in [-0.4, -0.2) is 46.5 Å². The van der Waals surface area contributed by atoms with Gasteiger partial charge in [0, 0.05) is 13.1 Å². The van der Waals surface area contributed by atoms with Crippen molar-refractivity contribution in [2.75, 3.05) is 19.7 Å². The number of amides is 2. The second-order valence-electron chi connectivity index (χ2n) is 6.38.